The molecule has 1 aromatic rings. The molecular weight excluding hydrogens is 202 g/mol. The molecule has 1 aromatic carbocycles. The maximum Gasteiger partial charge on any atom is 0.227 e. The number of para-hydroxylation sites is 1. The summed E-state index contributed by atoms with van der Waals surface area (Å²) in [7, 11) is 0. The fourth-order valence-electron chi connectivity index (χ4n) is 1.81. The summed E-state index contributed by atoms with van der Waals surface area (Å²) in [5.41, 5.74) is 1.10. The van der Waals surface area contributed by atoms with Crippen LogP contribution in [0.2, 0.25) is 0 Å². The number of carbonyl (C=O) groups is 1. The van der Waals surface area contributed by atoms with Crippen LogP contribution in [0.15, 0.2) is 36.9 Å². The molecule has 3 heteroatoms. The molecule has 1 heterocycles. The first-order valence-corrected chi connectivity index (χ1v) is 5.40. The summed E-state index contributed by atoms with van der Waals surface area (Å²) in [6.45, 7) is 4.54. The van der Waals surface area contributed by atoms with Crippen LogP contribution in [0.3, 0.4) is 0 Å². The van der Waals surface area contributed by atoms with Gasteiger partial charge in [0.25, 0.3) is 0 Å². The van der Waals surface area contributed by atoms with Crippen molar-refractivity contribution < 1.29 is 9.53 Å². The van der Waals surface area contributed by atoms with Crippen LogP contribution in [-0.4, -0.2) is 19.1 Å². The number of rotatable bonds is 3. The molecule has 0 saturated carbocycles. The van der Waals surface area contributed by atoms with Gasteiger partial charge >= 0.3 is 0 Å². The van der Waals surface area contributed by atoms with E-state index in [1.165, 1.54) is 0 Å². The number of amides is 1. The van der Waals surface area contributed by atoms with Gasteiger partial charge in [-0.3, -0.25) is 4.79 Å². The van der Waals surface area contributed by atoms with Gasteiger partial charge < -0.3 is 10.1 Å². The van der Waals surface area contributed by atoms with E-state index in [9.17, 15) is 4.79 Å². The van der Waals surface area contributed by atoms with Gasteiger partial charge in [-0.05, 0) is 18.1 Å². The van der Waals surface area contributed by atoms with Crippen molar-refractivity contribution >= 4 is 5.91 Å². The van der Waals surface area contributed by atoms with Gasteiger partial charge in [0.15, 0.2) is 0 Å². The molecule has 1 N–H and O–H groups in total. The molecule has 1 amide bonds. The first-order valence-electron chi connectivity index (χ1n) is 5.40. The zero-order valence-corrected chi connectivity index (χ0v) is 9.11. The average Bonchev–Trinajstić information content (AvgIpc) is 2.35. The van der Waals surface area contributed by atoms with Gasteiger partial charge in [0, 0.05) is 6.54 Å². The lowest BCUT2D eigenvalue weighted by Crippen LogP contribution is -2.37. The first kappa shape index (κ1) is 10.7. The van der Waals surface area contributed by atoms with Crippen LogP contribution >= 0.6 is 0 Å². The third-order valence-electron chi connectivity index (χ3n) is 2.67. The van der Waals surface area contributed by atoms with Crippen molar-refractivity contribution in [2.45, 2.75) is 6.42 Å². The van der Waals surface area contributed by atoms with Crippen LogP contribution in [0.4, 0.5) is 0 Å². The van der Waals surface area contributed by atoms with Gasteiger partial charge in [0.1, 0.15) is 12.4 Å². The maximum atomic E-state index is 11.7. The molecule has 0 aliphatic carbocycles. The fraction of sp³-hybridized carbons (Fsp3) is 0.308. The lowest BCUT2D eigenvalue weighted by atomic mass is 9.96. The largest absolute Gasteiger partial charge is 0.492 e. The molecule has 84 valence electrons. The Kier molecular flexibility index (Phi) is 3.25. The highest BCUT2D eigenvalue weighted by atomic mass is 16.5. The number of ether oxygens (including phenoxy) is 1. The smallest absolute Gasteiger partial charge is 0.227 e. The quantitative estimate of drug-likeness (QED) is 0.780. The van der Waals surface area contributed by atoms with Crippen LogP contribution in [-0.2, 0) is 11.2 Å². The first-order chi connectivity index (χ1) is 7.81. The summed E-state index contributed by atoms with van der Waals surface area (Å²) in [5.74, 6) is 0.847. The predicted molar refractivity (Wildman–Crippen MR) is 62.3 cm³/mol. The van der Waals surface area contributed by atoms with Gasteiger partial charge in [-0.25, -0.2) is 0 Å². The van der Waals surface area contributed by atoms with E-state index in [2.05, 4.69) is 11.9 Å². The van der Waals surface area contributed by atoms with E-state index >= 15 is 0 Å². The van der Waals surface area contributed by atoms with E-state index in [0.29, 0.717) is 13.2 Å². The molecule has 1 atom stereocenters. The number of carbonyl (C=O) groups excluding carboxylic acids is 1. The van der Waals surface area contributed by atoms with Crippen molar-refractivity contribution in [3.05, 3.63) is 42.5 Å². The molecule has 16 heavy (non-hydrogen) atoms. The van der Waals surface area contributed by atoms with Gasteiger partial charge in [-0.15, -0.1) is 6.58 Å². The van der Waals surface area contributed by atoms with E-state index < -0.39 is 0 Å². The van der Waals surface area contributed by atoms with Crippen molar-refractivity contribution in [1.82, 2.24) is 5.32 Å². The highest BCUT2D eigenvalue weighted by Gasteiger charge is 2.25. The van der Waals surface area contributed by atoms with E-state index in [1.54, 1.807) is 6.08 Å². The Balaban J connectivity index is 2.02. The van der Waals surface area contributed by atoms with Crippen LogP contribution in [0, 0.1) is 5.92 Å². The highest BCUT2D eigenvalue weighted by molar-refractivity contribution is 5.79. The second kappa shape index (κ2) is 4.84. The van der Waals surface area contributed by atoms with Crippen LogP contribution in [0.25, 0.3) is 0 Å². The molecule has 0 aromatic heterocycles. The second-order valence-corrected chi connectivity index (χ2v) is 3.85. The van der Waals surface area contributed by atoms with E-state index in [1.807, 2.05) is 24.3 Å². The summed E-state index contributed by atoms with van der Waals surface area (Å²) in [6.07, 6.45) is 2.43. The van der Waals surface area contributed by atoms with Crippen LogP contribution < -0.4 is 10.1 Å². The van der Waals surface area contributed by atoms with Crippen molar-refractivity contribution in [3.8, 4) is 5.75 Å². The van der Waals surface area contributed by atoms with Crippen molar-refractivity contribution in [2.24, 2.45) is 5.92 Å². The lowest BCUT2D eigenvalue weighted by Gasteiger charge is -2.24. The molecule has 2 rings (SSSR count). The van der Waals surface area contributed by atoms with Crippen LogP contribution in [0.5, 0.6) is 5.75 Å². The Morgan fingerprint density at radius 1 is 1.56 bits per heavy atom. The average molecular weight is 217 g/mol. The van der Waals surface area contributed by atoms with E-state index in [4.69, 9.17) is 4.74 Å². The number of benzene rings is 1. The second-order valence-electron chi connectivity index (χ2n) is 3.85. The Morgan fingerprint density at radius 3 is 3.19 bits per heavy atom. The normalized spacial score (nSPS) is 18.1. The number of hydrogen-bond acceptors (Lipinski definition) is 2. The van der Waals surface area contributed by atoms with Crippen molar-refractivity contribution in [2.75, 3.05) is 13.2 Å². The number of nitrogens with one attached hydrogen (secondary N) is 1. The summed E-state index contributed by atoms with van der Waals surface area (Å²) >= 11 is 0. The van der Waals surface area contributed by atoms with Gasteiger partial charge in [-0.2, -0.15) is 0 Å². The molecule has 1 aliphatic heterocycles. The third kappa shape index (κ3) is 2.24. The molecule has 0 bridgehead atoms. The molecule has 0 fully saturated rings. The Labute approximate surface area is 95.1 Å². The minimum absolute atomic E-state index is 0.0365. The predicted octanol–water partition coefficient (Wildman–Crippen LogP) is 1.54. The monoisotopic (exact) mass is 217 g/mol. The number of fused-ring (bicyclic) bond motifs is 1. The van der Waals surface area contributed by atoms with Gasteiger partial charge in [-0.1, -0.05) is 24.3 Å². The minimum Gasteiger partial charge on any atom is -0.492 e. The topological polar surface area (TPSA) is 38.3 Å². The summed E-state index contributed by atoms with van der Waals surface area (Å²) in [5, 5.41) is 2.80. The van der Waals surface area contributed by atoms with Crippen molar-refractivity contribution in [1.29, 1.82) is 0 Å². The Bertz CT molecular complexity index is 401. The lowest BCUT2D eigenvalue weighted by molar-refractivity contribution is -0.126. The van der Waals surface area contributed by atoms with Crippen molar-refractivity contribution in [3.63, 3.8) is 0 Å². The van der Waals surface area contributed by atoms with E-state index in [-0.39, 0.29) is 11.8 Å². The summed E-state index contributed by atoms with van der Waals surface area (Å²) in [6, 6.07) is 7.85. The highest BCUT2D eigenvalue weighted by Crippen LogP contribution is 2.26. The molecule has 1 aliphatic rings. The molecule has 0 spiro atoms. The van der Waals surface area contributed by atoms with Gasteiger partial charge in [0.2, 0.25) is 5.91 Å². The Morgan fingerprint density at radius 2 is 2.38 bits per heavy atom. The summed E-state index contributed by atoms with van der Waals surface area (Å²) in [4.78, 5) is 11.7. The van der Waals surface area contributed by atoms with Crippen LogP contribution in [0.1, 0.15) is 5.56 Å². The zero-order valence-electron chi connectivity index (χ0n) is 9.11. The molecule has 0 saturated heterocycles. The minimum atomic E-state index is -0.0881. The number of hydrogen-bond donors (Lipinski definition) is 1. The SMILES string of the molecule is C=CCNC(=O)[C@@H]1COc2ccccc2C1. The summed E-state index contributed by atoms with van der Waals surface area (Å²) < 4.78 is 5.55. The molecule has 3 nitrogen and oxygen atoms in total. The molecule has 0 radical (unpaired) electrons. The molecular formula is C13H15NO2. The third-order valence-corrected chi connectivity index (χ3v) is 2.67. The van der Waals surface area contributed by atoms with E-state index in [0.717, 1.165) is 17.7 Å². The fourth-order valence-corrected chi connectivity index (χ4v) is 1.81. The maximum absolute atomic E-state index is 11.7. The standard InChI is InChI=1S/C13H15NO2/c1-2-7-14-13(15)11-8-10-5-3-4-6-12(10)16-9-11/h2-6,11H,1,7-9H2,(H,14,15)/t11-/m0/s1. The zero-order chi connectivity index (χ0) is 11.4. The van der Waals surface area contributed by atoms with Gasteiger partial charge in [0.05, 0.1) is 5.92 Å². The molecule has 0 unspecified atom stereocenters. The Hall–Kier alpha value is -1.77.